The van der Waals surface area contributed by atoms with Crippen molar-refractivity contribution in [1.82, 2.24) is 0 Å². The third-order valence-corrected chi connectivity index (χ3v) is 3.42. The SMILES string of the molecule is CCCCC1=CC(OCCC)=C(CCCC)C(=O)C1=O. The van der Waals surface area contributed by atoms with E-state index in [1.165, 1.54) is 0 Å². The highest BCUT2D eigenvalue weighted by molar-refractivity contribution is 6.50. The Hall–Kier alpha value is -1.38. The quantitative estimate of drug-likeness (QED) is 0.470. The number of ketones is 2. The molecule has 3 heteroatoms. The molecular weight excluding hydrogens is 252 g/mol. The van der Waals surface area contributed by atoms with E-state index in [0.717, 1.165) is 32.1 Å². The summed E-state index contributed by atoms with van der Waals surface area (Å²) in [5.74, 6) is -0.0393. The van der Waals surface area contributed by atoms with E-state index in [1.54, 1.807) is 6.08 Å². The molecular formula is C17H26O3. The number of hydrogen-bond donors (Lipinski definition) is 0. The Kier molecular flexibility index (Phi) is 7.27. The van der Waals surface area contributed by atoms with Gasteiger partial charge >= 0.3 is 0 Å². The highest BCUT2D eigenvalue weighted by atomic mass is 16.5. The molecule has 0 N–H and O–H groups in total. The minimum Gasteiger partial charge on any atom is -0.493 e. The zero-order chi connectivity index (χ0) is 15.0. The molecule has 0 unspecified atom stereocenters. The molecule has 0 radical (unpaired) electrons. The van der Waals surface area contributed by atoms with Crippen LogP contribution < -0.4 is 0 Å². The molecule has 0 saturated heterocycles. The van der Waals surface area contributed by atoms with Crippen LogP contribution in [0.1, 0.15) is 65.7 Å². The first-order valence-corrected chi connectivity index (χ1v) is 7.81. The van der Waals surface area contributed by atoms with Crippen LogP contribution in [0.2, 0.25) is 0 Å². The fourth-order valence-corrected chi connectivity index (χ4v) is 2.19. The lowest BCUT2D eigenvalue weighted by Crippen LogP contribution is -2.24. The van der Waals surface area contributed by atoms with Gasteiger partial charge in [-0.25, -0.2) is 0 Å². The summed E-state index contributed by atoms with van der Waals surface area (Å²) < 4.78 is 5.70. The lowest BCUT2D eigenvalue weighted by molar-refractivity contribution is -0.132. The molecule has 112 valence electrons. The van der Waals surface area contributed by atoms with Crippen LogP contribution in [0.3, 0.4) is 0 Å². The van der Waals surface area contributed by atoms with Gasteiger partial charge in [0.15, 0.2) is 0 Å². The molecule has 0 aromatic rings. The number of unbranched alkanes of at least 4 members (excludes halogenated alkanes) is 2. The van der Waals surface area contributed by atoms with Gasteiger partial charge in [0, 0.05) is 11.1 Å². The normalized spacial score (nSPS) is 15.7. The molecule has 0 bridgehead atoms. The molecule has 20 heavy (non-hydrogen) atoms. The lowest BCUT2D eigenvalue weighted by atomic mass is 9.89. The van der Waals surface area contributed by atoms with Gasteiger partial charge in [0.05, 0.1) is 6.61 Å². The number of carbonyl (C=O) groups excluding carboxylic acids is 2. The van der Waals surface area contributed by atoms with E-state index in [-0.39, 0.29) is 11.6 Å². The van der Waals surface area contributed by atoms with Crippen LogP contribution in [0.25, 0.3) is 0 Å². The Morgan fingerprint density at radius 3 is 2.15 bits per heavy atom. The molecule has 0 fully saturated rings. The Morgan fingerprint density at radius 1 is 0.900 bits per heavy atom. The van der Waals surface area contributed by atoms with E-state index in [0.29, 0.717) is 36.4 Å². The second-order valence-electron chi connectivity index (χ2n) is 5.23. The van der Waals surface area contributed by atoms with Crippen LogP contribution in [0, 0.1) is 0 Å². The maximum atomic E-state index is 12.3. The Labute approximate surface area is 122 Å². The third kappa shape index (κ3) is 4.32. The number of carbonyl (C=O) groups is 2. The van der Waals surface area contributed by atoms with Crippen LogP contribution in [0.15, 0.2) is 23.0 Å². The maximum absolute atomic E-state index is 12.3. The van der Waals surface area contributed by atoms with Crippen molar-refractivity contribution in [2.24, 2.45) is 0 Å². The molecule has 0 aromatic heterocycles. The molecule has 1 aliphatic rings. The summed E-state index contributed by atoms with van der Waals surface area (Å²) in [6, 6.07) is 0. The number of ether oxygens (including phenoxy) is 1. The molecule has 1 rings (SSSR count). The summed E-state index contributed by atoms with van der Waals surface area (Å²) in [5, 5.41) is 0. The Morgan fingerprint density at radius 2 is 1.55 bits per heavy atom. The number of rotatable bonds is 9. The summed E-state index contributed by atoms with van der Waals surface area (Å²) in [5.41, 5.74) is 1.19. The topological polar surface area (TPSA) is 43.4 Å². The van der Waals surface area contributed by atoms with Crippen LogP contribution in [-0.4, -0.2) is 18.2 Å². The summed E-state index contributed by atoms with van der Waals surface area (Å²) in [4.78, 5) is 24.4. The van der Waals surface area contributed by atoms with Crippen LogP contribution in [0.4, 0.5) is 0 Å². The number of hydrogen-bond acceptors (Lipinski definition) is 3. The van der Waals surface area contributed by atoms with Gasteiger partial charge in [-0.05, 0) is 38.2 Å². The predicted octanol–water partition coefficient (Wildman–Crippen LogP) is 4.13. The molecule has 3 nitrogen and oxygen atoms in total. The van der Waals surface area contributed by atoms with Gasteiger partial charge in [-0.3, -0.25) is 9.59 Å². The van der Waals surface area contributed by atoms with E-state index in [4.69, 9.17) is 4.74 Å². The lowest BCUT2D eigenvalue weighted by Gasteiger charge is -2.18. The second-order valence-corrected chi connectivity index (χ2v) is 5.23. The van der Waals surface area contributed by atoms with Crippen molar-refractivity contribution in [2.75, 3.05) is 6.61 Å². The molecule has 0 saturated carbocycles. The van der Waals surface area contributed by atoms with Crippen molar-refractivity contribution >= 4 is 11.6 Å². The zero-order valence-corrected chi connectivity index (χ0v) is 13.0. The number of Topliss-reactive ketones (excluding diaryl/α,β-unsaturated/α-hetero) is 2. The first-order chi connectivity index (χ1) is 9.65. The largest absolute Gasteiger partial charge is 0.493 e. The van der Waals surface area contributed by atoms with Gasteiger partial charge in [-0.2, -0.15) is 0 Å². The summed E-state index contributed by atoms with van der Waals surface area (Å²) in [7, 11) is 0. The van der Waals surface area contributed by atoms with Crippen molar-refractivity contribution in [2.45, 2.75) is 65.7 Å². The fourth-order valence-electron chi connectivity index (χ4n) is 2.19. The first kappa shape index (κ1) is 16.7. The van der Waals surface area contributed by atoms with Crippen LogP contribution in [0.5, 0.6) is 0 Å². The van der Waals surface area contributed by atoms with Crippen molar-refractivity contribution < 1.29 is 14.3 Å². The van der Waals surface area contributed by atoms with Crippen LogP contribution in [-0.2, 0) is 14.3 Å². The Bertz CT molecular complexity index is 416. The maximum Gasteiger partial charge on any atom is 0.232 e. The smallest absolute Gasteiger partial charge is 0.232 e. The van der Waals surface area contributed by atoms with E-state index in [9.17, 15) is 9.59 Å². The third-order valence-electron chi connectivity index (χ3n) is 3.42. The second kappa shape index (κ2) is 8.72. The standard InChI is InChI=1S/C17H26O3/c1-4-7-9-13-12-15(20-11-6-3)14(10-8-5-2)17(19)16(13)18/h12H,4-11H2,1-3H3. The van der Waals surface area contributed by atoms with E-state index in [2.05, 4.69) is 13.8 Å². The van der Waals surface area contributed by atoms with Gasteiger partial charge < -0.3 is 4.74 Å². The first-order valence-electron chi connectivity index (χ1n) is 7.81. The number of allylic oxidation sites excluding steroid dienone is 3. The molecule has 0 heterocycles. The Balaban J connectivity index is 3.00. The molecule has 0 aromatic carbocycles. The molecule has 0 aliphatic heterocycles. The van der Waals surface area contributed by atoms with E-state index in [1.807, 2.05) is 6.92 Å². The van der Waals surface area contributed by atoms with Gasteiger partial charge in [-0.15, -0.1) is 0 Å². The summed E-state index contributed by atoms with van der Waals surface area (Å²) in [6.45, 7) is 6.77. The van der Waals surface area contributed by atoms with Crippen LogP contribution >= 0.6 is 0 Å². The molecule has 0 amide bonds. The average Bonchev–Trinajstić information content (AvgIpc) is 2.46. The monoisotopic (exact) mass is 278 g/mol. The van der Waals surface area contributed by atoms with Crippen molar-refractivity contribution in [3.8, 4) is 0 Å². The minimum absolute atomic E-state index is 0.326. The minimum atomic E-state index is -0.349. The van der Waals surface area contributed by atoms with Crippen molar-refractivity contribution in [3.63, 3.8) is 0 Å². The van der Waals surface area contributed by atoms with Gasteiger partial charge in [0.1, 0.15) is 5.76 Å². The fraction of sp³-hybridized carbons (Fsp3) is 0.647. The highest BCUT2D eigenvalue weighted by Gasteiger charge is 2.29. The summed E-state index contributed by atoms with van der Waals surface area (Å²) in [6.07, 6.45) is 7.85. The predicted molar refractivity (Wildman–Crippen MR) is 80.4 cm³/mol. The van der Waals surface area contributed by atoms with Crippen molar-refractivity contribution in [3.05, 3.63) is 23.0 Å². The van der Waals surface area contributed by atoms with Gasteiger partial charge in [0.2, 0.25) is 11.6 Å². The molecule has 1 aliphatic carbocycles. The van der Waals surface area contributed by atoms with E-state index < -0.39 is 0 Å². The van der Waals surface area contributed by atoms with Crippen molar-refractivity contribution in [1.29, 1.82) is 0 Å². The molecule has 0 spiro atoms. The van der Waals surface area contributed by atoms with Gasteiger partial charge in [0.25, 0.3) is 0 Å². The van der Waals surface area contributed by atoms with E-state index >= 15 is 0 Å². The molecule has 0 atom stereocenters. The summed E-state index contributed by atoms with van der Waals surface area (Å²) >= 11 is 0. The zero-order valence-electron chi connectivity index (χ0n) is 13.0. The van der Waals surface area contributed by atoms with Gasteiger partial charge in [-0.1, -0.05) is 33.6 Å². The highest BCUT2D eigenvalue weighted by Crippen LogP contribution is 2.26. The average molecular weight is 278 g/mol.